The predicted octanol–water partition coefficient (Wildman–Crippen LogP) is 7.01. The number of nitrogens with zero attached hydrogens (tertiary/aromatic N) is 2. The fourth-order valence-corrected chi connectivity index (χ4v) is 6.42. The Morgan fingerprint density at radius 3 is 2.00 bits per heavy atom. The van der Waals surface area contributed by atoms with Gasteiger partial charge in [0.1, 0.15) is 24.1 Å². The third kappa shape index (κ3) is 8.54. The molecule has 8 nitrogen and oxygen atoms in total. The molecule has 9 heteroatoms. The van der Waals surface area contributed by atoms with Crippen molar-refractivity contribution >= 4 is 27.5 Å². The van der Waals surface area contributed by atoms with Gasteiger partial charge >= 0.3 is 0 Å². The summed E-state index contributed by atoms with van der Waals surface area (Å²) in [6, 6.07) is 29.2. The van der Waals surface area contributed by atoms with Crippen LogP contribution in [0.15, 0.2) is 108 Å². The van der Waals surface area contributed by atoms with Crippen molar-refractivity contribution in [1.29, 1.82) is 0 Å². The quantitative estimate of drug-likeness (QED) is 0.160. The van der Waals surface area contributed by atoms with Gasteiger partial charge < -0.3 is 15.0 Å². The molecule has 0 radical (unpaired) electrons. The molecule has 46 heavy (non-hydrogen) atoms. The molecule has 4 rings (SSSR count). The van der Waals surface area contributed by atoms with E-state index in [0.29, 0.717) is 23.6 Å². The maximum atomic E-state index is 14.4. The van der Waals surface area contributed by atoms with Crippen molar-refractivity contribution in [3.8, 4) is 11.5 Å². The highest BCUT2D eigenvalue weighted by Crippen LogP contribution is 2.29. The smallest absolute Gasteiger partial charge is 0.264 e. The molecule has 0 heterocycles. The zero-order chi connectivity index (χ0) is 33.3. The first-order chi connectivity index (χ1) is 22.0. The summed E-state index contributed by atoms with van der Waals surface area (Å²) in [5, 5.41) is 3.01. The zero-order valence-electron chi connectivity index (χ0n) is 27.1. The molecule has 0 aliphatic carbocycles. The Kier molecular flexibility index (Phi) is 11.6. The summed E-state index contributed by atoms with van der Waals surface area (Å²) in [7, 11) is -4.18. The SMILES string of the molecule is CC[C@H](C(=O)N[C@@H](C)CC)N(Cc1ccccc1C)C(=O)CN(c1ccc(Oc2ccccc2)cc1)S(=O)(=O)c1ccc(C)cc1. The molecular formula is C37H43N3O5S. The van der Waals surface area contributed by atoms with E-state index < -0.39 is 28.5 Å². The van der Waals surface area contributed by atoms with Gasteiger partial charge in [0.05, 0.1) is 10.6 Å². The topological polar surface area (TPSA) is 96.0 Å². The van der Waals surface area contributed by atoms with Crippen molar-refractivity contribution in [1.82, 2.24) is 10.2 Å². The summed E-state index contributed by atoms with van der Waals surface area (Å²) in [6.07, 6.45) is 1.09. The molecule has 0 fully saturated rings. The largest absolute Gasteiger partial charge is 0.457 e. The number of sulfonamides is 1. The lowest BCUT2D eigenvalue weighted by molar-refractivity contribution is -0.140. The number of nitrogens with one attached hydrogen (secondary N) is 1. The highest BCUT2D eigenvalue weighted by molar-refractivity contribution is 7.92. The van der Waals surface area contributed by atoms with Crippen molar-refractivity contribution in [2.45, 2.75) is 71.0 Å². The summed E-state index contributed by atoms with van der Waals surface area (Å²) in [6.45, 7) is 9.22. The lowest BCUT2D eigenvalue weighted by atomic mass is 10.1. The number of ether oxygens (including phenoxy) is 1. The molecule has 1 N–H and O–H groups in total. The first-order valence-corrected chi connectivity index (χ1v) is 17.0. The molecule has 0 saturated carbocycles. The van der Waals surface area contributed by atoms with E-state index in [0.717, 1.165) is 27.4 Å². The van der Waals surface area contributed by atoms with E-state index in [1.807, 2.05) is 89.2 Å². The van der Waals surface area contributed by atoms with Gasteiger partial charge in [0.2, 0.25) is 11.8 Å². The first kappa shape index (κ1) is 34.2. The van der Waals surface area contributed by atoms with Gasteiger partial charge in [0, 0.05) is 12.6 Å². The lowest BCUT2D eigenvalue weighted by Gasteiger charge is -2.34. The Morgan fingerprint density at radius 2 is 1.39 bits per heavy atom. The van der Waals surface area contributed by atoms with Crippen molar-refractivity contribution < 1.29 is 22.7 Å². The monoisotopic (exact) mass is 641 g/mol. The Hall–Kier alpha value is -4.63. The standard InChI is InChI=1S/C37H43N3O5S/c1-6-29(5)38-37(42)35(7-2)39(25-30-14-12-11-13-28(30)4)36(41)26-40(46(43,44)34-23-17-27(3)18-24-34)31-19-21-33(22-20-31)45-32-15-9-8-10-16-32/h8-24,29,35H,6-7,25-26H2,1-5H3,(H,38,42)/t29-,35+/m0/s1. The number of carbonyl (C=O) groups is 2. The molecule has 0 unspecified atom stereocenters. The Balaban J connectivity index is 1.73. The van der Waals surface area contributed by atoms with E-state index in [9.17, 15) is 18.0 Å². The summed E-state index contributed by atoms with van der Waals surface area (Å²) in [5.74, 6) is 0.398. The van der Waals surface area contributed by atoms with Crippen LogP contribution >= 0.6 is 0 Å². The van der Waals surface area contributed by atoms with Gasteiger partial charge in [-0.1, -0.05) is 74.0 Å². The van der Waals surface area contributed by atoms with Crippen molar-refractivity contribution in [3.05, 3.63) is 120 Å². The molecule has 2 atom stereocenters. The molecule has 4 aromatic carbocycles. The molecule has 2 amide bonds. The zero-order valence-corrected chi connectivity index (χ0v) is 28.0. The van der Waals surface area contributed by atoms with E-state index in [4.69, 9.17) is 4.74 Å². The van der Waals surface area contributed by atoms with Crippen LogP contribution in [0.4, 0.5) is 5.69 Å². The fourth-order valence-electron chi connectivity index (χ4n) is 5.00. The maximum absolute atomic E-state index is 14.4. The molecule has 0 saturated heterocycles. The number of amides is 2. The third-order valence-corrected chi connectivity index (χ3v) is 9.77. The number of hydrogen-bond acceptors (Lipinski definition) is 5. The van der Waals surface area contributed by atoms with Gasteiger partial charge in [-0.05, 0) is 93.3 Å². The highest BCUT2D eigenvalue weighted by Gasteiger charge is 2.34. The minimum Gasteiger partial charge on any atom is -0.457 e. The molecule has 0 spiro atoms. The van der Waals surface area contributed by atoms with Gasteiger partial charge in [0.25, 0.3) is 10.0 Å². The molecule has 0 aliphatic heterocycles. The van der Waals surface area contributed by atoms with Gasteiger partial charge in [-0.2, -0.15) is 0 Å². The fraction of sp³-hybridized carbons (Fsp3) is 0.297. The van der Waals surface area contributed by atoms with Crippen LogP contribution < -0.4 is 14.4 Å². The number of para-hydroxylation sites is 1. The molecule has 242 valence electrons. The van der Waals surface area contributed by atoms with Crippen molar-refractivity contribution in [3.63, 3.8) is 0 Å². The van der Waals surface area contributed by atoms with E-state index in [1.54, 1.807) is 36.4 Å². The van der Waals surface area contributed by atoms with Crippen molar-refractivity contribution in [2.24, 2.45) is 0 Å². The summed E-state index contributed by atoms with van der Waals surface area (Å²) in [4.78, 5) is 29.4. The van der Waals surface area contributed by atoms with Crippen LogP contribution in [0, 0.1) is 13.8 Å². The second-order valence-corrected chi connectivity index (χ2v) is 13.3. The van der Waals surface area contributed by atoms with E-state index in [2.05, 4.69) is 5.32 Å². The number of aryl methyl sites for hydroxylation is 2. The molecule has 0 aliphatic rings. The molecule has 0 bridgehead atoms. The van der Waals surface area contributed by atoms with E-state index >= 15 is 0 Å². The minimum absolute atomic E-state index is 0.0579. The average molecular weight is 642 g/mol. The number of hydrogen-bond donors (Lipinski definition) is 1. The van der Waals surface area contributed by atoms with Crippen LogP contribution in [0.3, 0.4) is 0 Å². The number of carbonyl (C=O) groups excluding carboxylic acids is 2. The Bertz CT molecular complexity index is 1710. The second kappa shape index (κ2) is 15.6. The van der Waals surface area contributed by atoms with Crippen LogP contribution in [-0.4, -0.2) is 43.8 Å². The summed E-state index contributed by atoms with van der Waals surface area (Å²) < 4.78 is 35.4. The second-order valence-electron chi connectivity index (χ2n) is 11.4. The maximum Gasteiger partial charge on any atom is 0.264 e. The number of rotatable bonds is 14. The highest BCUT2D eigenvalue weighted by atomic mass is 32.2. The number of anilines is 1. The van der Waals surface area contributed by atoms with Crippen molar-refractivity contribution in [2.75, 3.05) is 10.8 Å². The normalized spacial score (nSPS) is 12.5. The van der Waals surface area contributed by atoms with Crippen LogP contribution in [0.25, 0.3) is 0 Å². The Morgan fingerprint density at radius 1 is 0.783 bits per heavy atom. The minimum atomic E-state index is -4.18. The van der Waals surface area contributed by atoms with E-state index in [-0.39, 0.29) is 23.4 Å². The first-order valence-electron chi connectivity index (χ1n) is 15.6. The van der Waals surface area contributed by atoms with Gasteiger partial charge in [-0.25, -0.2) is 8.42 Å². The van der Waals surface area contributed by atoms with Crippen LogP contribution in [0.1, 0.15) is 50.3 Å². The van der Waals surface area contributed by atoms with Gasteiger partial charge in [-0.3, -0.25) is 13.9 Å². The van der Waals surface area contributed by atoms with Gasteiger partial charge in [0.15, 0.2) is 0 Å². The Labute approximate surface area is 273 Å². The lowest BCUT2D eigenvalue weighted by Crippen LogP contribution is -2.53. The van der Waals surface area contributed by atoms with Crippen LogP contribution in [0.5, 0.6) is 11.5 Å². The van der Waals surface area contributed by atoms with Gasteiger partial charge in [-0.15, -0.1) is 0 Å². The number of benzene rings is 4. The van der Waals surface area contributed by atoms with Crippen LogP contribution in [0.2, 0.25) is 0 Å². The summed E-state index contributed by atoms with van der Waals surface area (Å²) >= 11 is 0. The van der Waals surface area contributed by atoms with E-state index in [1.165, 1.54) is 17.0 Å². The molecular weight excluding hydrogens is 598 g/mol. The molecule has 4 aromatic rings. The molecule has 0 aromatic heterocycles. The van der Waals surface area contributed by atoms with Crippen LogP contribution in [-0.2, 0) is 26.2 Å². The third-order valence-electron chi connectivity index (χ3n) is 7.98. The predicted molar refractivity (Wildman–Crippen MR) is 182 cm³/mol. The summed E-state index contributed by atoms with van der Waals surface area (Å²) in [5.41, 5.74) is 3.05. The average Bonchev–Trinajstić information content (AvgIpc) is 3.05.